The number of aromatic nitrogens is 4. The van der Waals surface area contributed by atoms with Gasteiger partial charge in [0.2, 0.25) is 0 Å². The third-order valence-electron chi connectivity index (χ3n) is 11.6. The molecule has 0 aliphatic heterocycles. The minimum absolute atomic E-state index is 0.0172. The molecule has 0 atom stereocenters. The Morgan fingerprint density at radius 1 is 0.607 bits per heavy atom. The average molecular weight is 793 g/mol. The van der Waals surface area contributed by atoms with Crippen LogP contribution in [0.25, 0.3) is 72.3 Å². The molecule has 3 aromatic heterocycles. The highest BCUT2D eigenvalue weighted by molar-refractivity contribution is 6.09. The third kappa shape index (κ3) is 7.16. The van der Waals surface area contributed by atoms with Gasteiger partial charge in [-0.05, 0) is 106 Å². The molecule has 61 heavy (non-hydrogen) atoms. The minimum Gasteiger partial charge on any atom is -0.458 e. The number of para-hydroxylation sites is 3. The maximum atomic E-state index is 6.78. The van der Waals surface area contributed by atoms with E-state index < -0.39 is 0 Å². The van der Waals surface area contributed by atoms with Crippen LogP contribution in [0.15, 0.2) is 182 Å². The molecule has 0 spiro atoms. The lowest BCUT2D eigenvalue weighted by Crippen LogP contribution is -2.31. The van der Waals surface area contributed by atoms with Crippen molar-refractivity contribution in [2.45, 2.75) is 46.5 Å². The molecular formula is C56H48N4O. The number of hydrogen-bond donors (Lipinski definition) is 0. The second kappa shape index (κ2) is 15.4. The summed E-state index contributed by atoms with van der Waals surface area (Å²) in [5.41, 5.74) is 13.4. The van der Waals surface area contributed by atoms with Crippen LogP contribution in [-0.2, 0) is 11.8 Å². The standard InChI is InChI=1S/C56H48N4O/c1-38(2)32-39-30-31-57-54(33-39)60-50-29-26-42(56(3,4)5)34-49(50)48-28-27-45(36-53(48)60)61-44-21-14-20-43(35-44)58-37-59(52-25-13-12-24-51(52)58)55-46(40-16-8-6-9-17-40)22-15-23-47(55)41-18-10-7-11-19-41/h6-31,33-36,38H,32H2,1-5H3. The van der Waals surface area contributed by atoms with Crippen LogP contribution in [0, 0.1) is 12.2 Å². The number of ether oxygens (including phenoxy) is 1. The summed E-state index contributed by atoms with van der Waals surface area (Å²) in [6.07, 6.45) is 6.73. The fourth-order valence-electron chi connectivity index (χ4n) is 8.68. The maximum Gasteiger partial charge on any atom is 0.269 e. The van der Waals surface area contributed by atoms with Crippen molar-refractivity contribution in [1.29, 1.82) is 0 Å². The molecule has 5 nitrogen and oxygen atoms in total. The van der Waals surface area contributed by atoms with E-state index in [1.54, 1.807) is 0 Å². The summed E-state index contributed by atoms with van der Waals surface area (Å²) in [7, 11) is 0. The van der Waals surface area contributed by atoms with Crippen molar-refractivity contribution in [3.8, 4) is 50.9 Å². The van der Waals surface area contributed by atoms with Gasteiger partial charge in [-0.1, -0.05) is 150 Å². The van der Waals surface area contributed by atoms with Gasteiger partial charge in [0, 0.05) is 23.0 Å². The van der Waals surface area contributed by atoms with Crippen molar-refractivity contribution in [3.63, 3.8) is 0 Å². The van der Waals surface area contributed by atoms with Crippen molar-refractivity contribution >= 4 is 32.8 Å². The zero-order chi connectivity index (χ0) is 41.7. The van der Waals surface area contributed by atoms with Crippen molar-refractivity contribution < 1.29 is 9.30 Å². The number of benzene rings is 7. The lowest BCUT2D eigenvalue weighted by atomic mass is 9.86. The Kier molecular flexibility index (Phi) is 9.60. The van der Waals surface area contributed by atoms with Crippen molar-refractivity contribution in [3.05, 3.63) is 200 Å². The first kappa shape index (κ1) is 38.0. The molecule has 0 aliphatic carbocycles. The second-order valence-electron chi connectivity index (χ2n) is 17.4. The summed E-state index contributed by atoms with van der Waals surface area (Å²) >= 11 is 0. The van der Waals surface area contributed by atoms with Gasteiger partial charge in [-0.25, -0.2) is 4.98 Å². The molecule has 0 amide bonds. The van der Waals surface area contributed by atoms with Gasteiger partial charge in [-0.2, -0.15) is 0 Å². The number of hydrogen-bond acceptors (Lipinski definition) is 2. The molecule has 0 radical (unpaired) electrons. The number of nitrogens with zero attached hydrogens (tertiary/aromatic N) is 4. The molecule has 0 saturated carbocycles. The molecule has 5 heteroatoms. The molecule has 10 aromatic rings. The first-order chi connectivity index (χ1) is 29.7. The van der Waals surface area contributed by atoms with E-state index in [1.165, 1.54) is 21.9 Å². The van der Waals surface area contributed by atoms with Crippen molar-refractivity contribution in [2.75, 3.05) is 0 Å². The monoisotopic (exact) mass is 792 g/mol. The van der Waals surface area contributed by atoms with Crippen molar-refractivity contribution in [1.82, 2.24) is 14.1 Å². The van der Waals surface area contributed by atoms with Crippen molar-refractivity contribution in [2.24, 2.45) is 5.92 Å². The van der Waals surface area contributed by atoms with E-state index >= 15 is 0 Å². The molecule has 3 heterocycles. The Hall–Kier alpha value is -7.24. The van der Waals surface area contributed by atoms with Gasteiger partial charge in [-0.15, -0.1) is 0 Å². The summed E-state index contributed by atoms with van der Waals surface area (Å²) in [6, 6.07) is 62.2. The molecule has 0 aliphatic rings. The van der Waals surface area contributed by atoms with Gasteiger partial charge >= 0.3 is 0 Å². The molecular weight excluding hydrogens is 745 g/mol. The Bertz CT molecular complexity index is 3150. The fraction of sp³-hybridized carbons (Fsp3) is 0.143. The van der Waals surface area contributed by atoms with Crippen LogP contribution in [0.1, 0.15) is 45.7 Å². The number of imidazole rings is 1. The first-order valence-electron chi connectivity index (χ1n) is 21.2. The summed E-state index contributed by atoms with van der Waals surface area (Å²) in [6.45, 7) is 11.3. The Morgan fingerprint density at radius 2 is 1.30 bits per heavy atom. The van der Waals surface area contributed by atoms with Gasteiger partial charge in [0.15, 0.2) is 0 Å². The Balaban J connectivity index is 1.08. The van der Waals surface area contributed by atoms with E-state index in [9.17, 15) is 0 Å². The lowest BCUT2D eigenvalue weighted by Gasteiger charge is -2.19. The lowest BCUT2D eigenvalue weighted by molar-refractivity contribution is -0.571. The number of pyridine rings is 1. The highest BCUT2D eigenvalue weighted by atomic mass is 16.5. The van der Waals surface area contributed by atoms with E-state index in [4.69, 9.17) is 9.72 Å². The smallest absolute Gasteiger partial charge is 0.269 e. The van der Waals surface area contributed by atoms with Gasteiger partial charge in [0.05, 0.1) is 33.4 Å². The number of rotatable bonds is 9. The first-order valence-corrected chi connectivity index (χ1v) is 21.2. The highest BCUT2D eigenvalue weighted by Gasteiger charge is 2.22. The Labute approximate surface area is 357 Å². The van der Waals surface area contributed by atoms with Crippen LogP contribution >= 0.6 is 0 Å². The predicted molar refractivity (Wildman–Crippen MR) is 250 cm³/mol. The Morgan fingerprint density at radius 3 is 2.02 bits per heavy atom. The highest BCUT2D eigenvalue weighted by Crippen LogP contribution is 2.39. The molecule has 7 aromatic carbocycles. The fourth-order valence-corrected chi connectivity index (χ4v) is 8.68. The van der Waals surface area contributed by atoms with Crippen LogP contribution < -0.4 is 9.30 Å². The molecule has 0 unspecified atom stereocenters. The second-order valence-corrected chi connectivity index (χ2v) is 17.4. The SMILES string of the molecule is CC(C)Cc1ccnc(-n2c3ccc(C(C)(C)C)cc3c3ccc(Oc4cccc(-n5[c-][n+](-c6c(-c7ccccc7)cccc6-c6ccccc6)c6ccccc65)c4)cc32)c1. The molecule has 0 saturated heterocycles. The normalized spacial score (nSPS) is 11.9. The molecule has 0 fully saturated rings. The molecule has 10 rings (SSSR count). The van der Waals surface area contributed by atoms with Crippen LogP contribution in [0.4, 0.5) is 0 Å². The van der Waals surface area contributed by atoms with E-state index in [0.717, 1.165) is 79.4 Å². The summed E-state index contributed by atoms with van der Waals surface area (Å²) in [4.78, 5) is 4.93. The summed E-state index contributed by atoms with van der Waals surface area (Å²) < 4.78 is 13.4. The van der Waals surface area contributed by atoms with Crippen LogP contribution in [0.2, 0.25) is 0 Å². The predicted octanol–water partition coefficient (Wildman–Crippen LogP) is 13.8. The van der Waals surface area contributed by atoms with E-state index in [1.807, 2.05) is 12.3 Å². The summed E-state index contributed by atoms with van der Waals surface area (Å²) in [5, 5.41) is 2.38. The van der Waals surface area contributed by atoms with Crippen LogP contribution in [-0.4, -0.2) is 14.1 Å². The van der Waals surface area contributed by atoms with Gasteiger partial charge < -0.3 is 4.74 Å². The number of fused-ring (bicyclic) bond motifs is 4. The molecule has 298 valence electrons. The zero-order valence-electron chi connectivity index (χ0n) is 35.3. The van der Waals surface area contributed by atoms with E-state index in [-0.39, 0.29) is 5.41 Å². The zero-order valence-corrected chi connectivity index (χ0v) is 35.3. The van der Waals surface area contributed by atoms with Crippen LogP contribution in [0.3, 0.4) is 0 Å². The van der Waals surface area contributed by atoms with E-state index in [2.05, 4.69) is 225 Å². The average Bonchev–Trinajstić information content (AvgIpc) is 3.82. The molecule has 0 N–H and O–H groups in total. The topological polar surface area (TPSA) is 35.9 Å². The minimum atomic E-state index is 0.0172. The van der Waals surface area contributed by atoms with Gasteiger partial charge in [0.1, 0.15) is 17.3 Å². The molecule has 0 bridgehead atoms. The van der Waals surface area contributed by atoms with E-state index in [0.29, 0.717) is 5.92 Å². The van der Waals surface area contributed by atoms with Gasteiger partial charge in [-0.3, -0.25) is 13.7 Å². The maximum absolute atomic E-state index is 6.78. The van der Waals surface area contributed by atoms with Crippen LogP contribution in [0.5, 0.6) is 11.5 Å². The third-order valence-corrected chi connectivity index (χ3v) is 11.6. The summed E-state index contributed by atoms with van der Waals surface area (Å²) in [5.74, 6) is 2.94. The quantitative estimate of drug-likeness (QED) is 0.108. The largest absolute Gasteiger partial charge is 0.458 e. The van der Waals surface area contributed by atoms with Gasteiger partial charge in [0.25, 0.3) is 6.33 Å².